The fourth-order valence-corrected chi connectivity index (χ4v) is 1.15. The lowest BCUT2D eigenvalue weighted by atomic mass is 10.2. The average Bonchev–Trinajstić information content (AvgIpc) is 2.77. The fourth-order valence-electron chi connectivity index (χ4n) is 1.15. The standard InChI is InChI=1S/C7H9N3O4/c1-7(3-14-7)2-10-5(12)8-4(11)9-6(10)13/h2-3H2,1H3,(H2,8,9,11,12,13). The topological polar surface area (TPSA) is 100 Å². The summed E-state index contributed by atoms with van der Waals surface area (Å²) >= 11 is 0. The number of H-pyrrole nitrogens is 2. The third kappa shape index (κ3) is 1.53. The Bertz CT molecular complexity index is 484. The molecule has 0 radical (unpaired) electrons. The Kier molecular flexibility index (Phi) is 1.71. The van der Waals surface area contributed by atoms with E-state index in [4.69, 9.17) is 4.74 Å². The number of ether oxygens (including phenoxy) is 1. The van der Waals surface area contributed by atoms with E-state index in [1.807, 2.05) is 9.97 Å². The molecular formula is C7H9N3O4. The molecule has 1 atom stereocenters. The molecule has 76 valence electrons. The molecule has 1 aliphatic rings. The van der Waals surface area contributed by atoms with E-state index in [2.05, 4.69) is 0 Å². The number of aromatic nitrogens is 3. The smallest absolute Gasteiger partial charge is 0.333 e. The summed E-state index contributed by atoms with van der Waals surface area (Å²) in [6.45, 7) is 2.44. The van der Waals surface area contributed by atoms with Gasteiger partial charge in [-0.1, -0.05) is 0 Å². The van der Waals surface area contributed by atoms with Gasteiger partial charge in [0, 0.05) is 0 Å². The first-order chi connectivity index (χ1) is 6.50. The predicted molar refractivity (Wildman–Crippen MR) is 46.3 cm³/mol. The third-order valence-electron chi connectivity index (χ3n) is 2.06. The second-order valence-corrected chi connectivity index (χ2v) is 3.51. The maximum Gasteiger partial charge on any atom is 0.333 e. The lowest BCUT2D eigenvalue weighted by Gasteiger charge is -2.05. The molecule has 0 spiro atoms. The maximum atomic E-state index is 11.2. The van der Waals surface area contributed by atoms with Gasteiger partial charge < -0.3 is 4.74 Å². The van der Waals surface area contributed by atoms with Gasteiger partial charge in [-0.15, -0.1) is 0 Å². The molecule has 2 heterocycles. The fraction of sp³-hybridized carbons (Fsp3) is 0.571. The first kappa shape index (κ1) is 8.95. The summed E-state index contributed by atoms with van der Waals surface area (Å²) in [6, 6.07) is 0. The van der Waals surface area contributed by atoms with Crippen LogP contribution in [0.25, 0.3) is 0 Å². The highest BCUT2D eigenvalue weighted by molar-refractivity contribution is 4.88. The summed E-state index contributed by atoms with van der Waals surface area (Å²) in [5.74, 6) is 0. The molecular weight excluding hydrogens is 190 g/mol. The second-order valence-electron chi connectivity index (χ2n) is 3.51. The Morgan fingerprint density at radius 2 is 1.86 bits per heavy atom. The van der Waals surface area contributed by atoms with Gasteiger partial charge in [-0.3, -0.25) is 9.97 Å². The summed E-state index contributed by atoms with van der Waals surface area (Å²) in [6.07, 6.45) is 0. The van der Waals surface area contributed by atoms with Crippen molar-refractivity contribution in [1.82, 2.24) is 14.5 Å². The minimum atomic E-state index is -0.793. The quantitative estimate of drug-likeness (QED) is 0.538. The van der Waals surface area contributed by atoms with Gasteiger partial charge in [0.15, 0.2) is 0 Å². The van der Waals surface area contributed by atoms with Gasteiger partial charge in [0.25, 0.3) is 0 Å². The molecule has 1 saturated heterocycles. The Labute approximate surface area is 77.4 Å². The predicted octanol–water partition coefficient (Wildman–Crippen LogP) is -1.99. The SMILES string of the molecule is CC1(Cn2c(=O)[nH]c(=O)[nH]c2=O)CO1. The second kappa shape index (κ2) is 2.68. The molecule has 0 bridgehead atoms. The molecule has 0 saturated carbocycles. The summed E-state index contributed by atoms with van der Waals surface area (Å²) in [7, 11) is 0. The number of hydrogen-bond donors (Lipinski definition) is 2. The number of nitrogens with one attached hydrogen (secondary N) is 2. The summed E-state index contributed by atoms with van der Waals surface area (Å²) in [5, 5.41) is 0. The summed E-state index contributed by atoms with van der Waals surface area (Å²) in [5.41, 5.74) is -2.67. The normalized spacial score (nSPS) is 24.9. The van der Waals surface area contributed by atoms with Crippen molar-refractivity contribution in [3.05, 3.63) is 31.5 Å². The first-order valence-corrected chi connectivity index (χ1v) is 4.08. The molecule has 14 heavy (non-hydrogen) atoms. The molecule has 1 unspecified atom stereocenters. The van der Waals surface area contributed by atoms with Crippen LogP contribution in [0.15, 0.2) is 14.4 Å². The number of hydrogen-bond acceptors (Lipinski definition) is 4. The van der Waals surface area contributed by atoms with Gasteiger partial charge in [0.2, 0.25) is 0 Å². The summed E-state index contributed by atoms with van der Waals surface area (Å²) in [4.78, 5) is 37.0. The lowest BCUT2D eigenvalue weighted by Crippen LogP contribution is -2.45. The van der Waals surface area contributed by atoms with E-state index < -0.39 is 22.7 Å². The molecule has 2 N–H and O–H groups in total. The van der Waals surface area contributed by atoms with Crippen LogP contribution >= 0.6 is 0 Å². The van der Waals surface area contributed by atoms with Crippen molar-refractivity contribution < 1.29 is 4.74 Å². The Morgan fingerprint density at radius 1 is 1.36 bits per heavy atom. The Morgan fingerprint density at radius 3 is 2.29 bits per heavy atom. The highest BCUT2D eigenvalue weighted by Gasteiger charge is 2.40. The van der Waals surface area contributed by atoms with Crippen LogP contribution in [0.2, 0.25) is 0 Å². The van der Waals surface area contributed by atoms with E-state index in [0.717, 1.165) is 4.57 Å². The van der Waals surface area contributed by atoms with Gasteiger partial charge >= 0.3 is 17.1 Å². The molecule has 0 aromatic carbocycles. The minimum absolute atomic E-state index is 0.151. The van der Waals surface area contributed by atoms with Crippen LogP contribution in [0, 0.1) is 0 Å². The number of epoxide rings is 1. The molecule has 1 fully saturated rings. The molecule has 7 heteroatoms. The summed E-state index contributed by atoms with van der Waals surface area (Å²) < 4.78 is 5.95. The molecule has 2 rings (SSSR count). The van der Waals surface area contributed by atoms with Crippen molar-refractivity contribution >= 4 is 0 Å². The Balaban J connectivity index is 2.48. The van der Waals surface area contributed by atoms with Gasteiger partial charge in [-0.2, -0.15) is 0 Å². The maximum absolute atomic E-state index is 11.2. The van der Waals surface area contributed by atoms with E-state index in [1.54, 1.807) is 6.92 Å². The van der Waals surface area contributed by atoms with Crippen molar-refractivity contribution in [3.8, 4) is 0 Å². The zero-order valence-corrected chi connectivity index (χ0v) is 7.49. The Hall–Kier alpha value is -1.63. The molecule has 7 nitrogen and oxygen atoms in total. The minimum Gasteiger partial charge on any atom is -0.368 e. The zero-order valence-electron chi connectivity index (χ0n) is 7.49. The molecule has 0 amide bonds. The van der Waals surface area contributed by atoms with Crippen LogP contribution in [-0.4, -0.2) is 26.7 Å². The van der Waals surface area contributed by atoms with Gasteiger partial charge in [-0.05, 0) is 6.92 Å². The third-order valence-corrected chi connectivity index (χ3v) is 2.06. The monoisotopic (exact) mass is 199 g/mol. The van der Waals surface area contributed by atoms with Crippen LogP contribution in [-0.2, 0) is 11.3 Å². The first-order valence-electron chi connectivity index (χ1n) is 4.08. The largest absolute Gasteiger partial charge is 0.368 e. The number of aromatic amines is 2. The highest BCUT2D eigenvalue weighted by atomic mass is 16.6. The van der Waals surface area contributed by atoms with E-state index in [9.17, 15) is 14.4 Å². The average molecular weight is 199 g/mol. The van der Waals surface area contributed by atoms with E-state index >= 15 is 0 Å². The van der Waals surface area contributed by atoms with Crippen LogP contribution < -0.4 is 17.1 Å². The number of rotatable bonds is 2. The van der Waals surface area contributed by atoms with Gasteiger partial charge in [0.1, 0.15) is 5.60 Å². The van der Waals surface area contributed by atoms with Crippen molar-refractivity contribution in [3.63, 3.8) is 0 Å². The lowest BCUT2D eigenvalue weighted by molar-refractivity contribution is 0.286. The molecule has 1 aromatic heterocycles. The molecule has 0 aliphatic carbocycles. The van der Waals surface area contributed by atoms with Crippen LogP contribution in [0.1, 0.15) is 6.92 Å². The van der Waals surface area contributed by atoms with E-state index in [1.165, 1.54) is 0 Å². The van der Waals surface area contributed by atoms with Crippen LogP contribution in [0.5, 0.6) is 0 Å². The molecule has 1 aromatic rings. The molecule has 1 aliphatic heterocycles. The van der Waals surface area contributed by atoms with Crippen LogP contribution in [0.4, 0.5) is 0 Å². The van der Waals surface area contributed by atoms with Crippen molar-refractivity contribution in [2.45, 2.75) is 19.1 Å². The van der Waals surface area contributed by atoms with Crippen molar-refractivity contribution in [2.24, 2.45) is 0 Å². The van der Waals surface area contributed by atoms with E-state index in [-0.39, 0.29) is 6.54 Å². The highest BCUT2D eigenvalue weighted by Crippen LogP contribution is 2.26. The zero-order chi connectivity index (χ0) is 10.3. The van der Waals surface area contributed by atoms with Gasteiger partial charge in [-0.25, -0.2) is 19.0 Å². The number of nitrogens with zero attached hydrogens (tertiary/aromatic N) is 1. The van der Waals surface area contributed by atoms with Gasteiger partial charge in [0.05, 0.1) is 13.2 Å². The van der Waals surface area contributed by atoms with E-state index in [0.29, 0.717) is 6.61 Å². The van der Waals surface area contributed by atoms with Crippen molar-refractivity contribution in [2.75, 3.05) is 6.61 Å². The van der Waals surface area contributed by atoms with Crippen molar-refractivity contribution in [1.29, 1.82) is 0 Å². The van der Waals surface area contributed by atoms with Crippen LogP contribution in [0.3, 0.4) is 0 Å².